The molecule has 1 aliphatic heterocycles. The van der Waals surface area contributed by atoms with Gasteiger partial charge in [-0.25, -0.2) is 9.59 Å². The summed E-state index contributed by atoms with van der Waals surface area (Å²) >= 11 is 1.56. The summed E-state index contributed by atoms with van der Waals surface area (Å²) in [5.41, 5.74) is 0.946. The molecule has 0 aliphatic carbocycles. The normalized spacial score (nSPS) is 16.2. The molecule has 0 spiro atoms. The first kappa shape index (κ1) is 18.4. The van der Waals surface area contributed by atoms with E-state index >= 15 is 0 Å². The van der Waals surface area contributed by atoms with E-state index in [2.05, 4.69) is 5.32 Å². The van der Waals surface area contributed by atoms with Crippen LogP contribution in [-0.2, 0) is 4.74 Å². The van der Waals surface area contributed by atoms with E-state index in [1.165, 1.54) is 7.11 Å². The molecule has 1 saturated heterocycles. The maximum atomic E-state index is 12.5. The van der Waals surface area contributed by atoms with Gasteiger partial charge in [0.1, 0.15) is 0 Å². The van der Waals surface area contributed by atoms with E-state index in [9.17, 15) is 14.7 Å². The fourth-order valence-electron chi connectivity index (χ4n) is 3.15. The molecule has 1 aromatic carbocycles. The molecular formula is C19H22N2O4S. The molecule has 0 bridgehead atoms. The molecule has 7 heteroatoms. The molecule has 2 amide bonds. The molecule has 1 atom stereocenters. The Morgan fingerprint density at radius 1 is 1.27 bits per heavy atom. The first-order chi connectivity index (χ1) is 12.6. The van der Waals surface area contributed by atoms with Gasteiger partial charge in [-0.1, -0.05) is 12.1 Å². The van der Waals surface area contributed by atoms with Gasteiger partial charge in [-0.3, -0.25) is 0 Å². The average molecular weight is 374 g/mol. The van der Waals surface area contributed by atoms with E-state index in [1.54, 1.807) is 40.5 Å². The van der Waals surface area contributed by atoms with E-state index < -0.39 is 12.1 Å². The molecule has 1 aliphatic rings. The maximum absolute atomic E-state index is 12.5. The lowest BCUT2D eigenvalue weighted by atomic mass is 9.90. The molecule has 26 heavy (non-hydrogen) atoms. The number of hydrogen-bond donors (Lipinski definition) is 2. The molecule has 2 N–H and O–H groups in total. The number of amides is 2. The standard InChI is InChI=1S/C19H22N2O4S/c1-25-18(23)14-4-2-5-15(12-14)20-19(24)21-9-7-13(8-10-21)17(22)16-6-3-11-26-16/h2-6,11-13,17,22H,7-10H2,1H3,(H,20,24)/t17-/m0/s1. The summed E-state index contributed by atoms with van der Waals surface area (Å²) in [4.78, 5) is 26.8. The van der Waals surface area contributed by atoms with Gasteiger partial charge in [0.15, 0.2) is 0 Å². The van der Waals surface area contributed by atoms with E-state index in [0.29, 0.717) is 24.3 Å². The average Bonchev–Trinajstić information content (AvgIpc) is 3.22. The number of anilines is 1. The van der Waals surface area contributed by atoms with Crippen molar-refractivity contribution < 1.29 is 19.4 Å². The van der Waals surface area contributed by atoms with Crippen molar-refractivity contribution in [2.75, 3.05) is 25.5 Å². The second-order valence-electron chi connectivity index (χ2n) is 6.29. The molecule has 138 valence electrons. The summed E-state index contributed by atoms with van der Waals surface area (Å²) in [6.07, 6.45) is 1.06. The molecule has 2 heterocycles. The van der Waals surface area contributed by atoms with Crippen LogP contribution < -0.4 is 5.32 Å². The van der Waals surface area contributed by atoms with Crippen LogP contribution in [0.2, 0.25) is 0 Å². The van der Waals surface area contributed by atoms with Crippen molar-refractivity contribution in [3.8, 4) is 0 Å². The van der Waals surface area contributed by atoms with Gasteiger partial charge in [0.05, 0.1) is 18.8 Å². The number of aliphatic hydroxyl groups is 1. The minimum absolute atomic E-state index is 0.167. The molecular weight excluding hydrogens is 352 g/mol. The van der Waals surface area contributed by atoms with Crippen LogP contribution in [0.4, 0.5) is 10.5 Å². The SMILES string of the molecule is COC(=O)c1cccc(NC(=O)N2CCC([C@H](O)c3cccs3)CC2)c1. The van der Waals surface area contributed by atoms with Crippen LogP contribution in [0.25, 0.3) is 0 Å². The number of ether oxygens (including phenoxy) is 1. The molecule has 6 nitrogen and oxygen atoms in total. The molecule has 3 rings (SSSR count). The number of carbonyl (C=O) groups excluding carboxylic acids is 2. The minimum atomic E-state index is -0.461. The third-order valence-electron chi connectivity index (χ3n) is 4.64. The lowest BCUT2D eigenvalue weighted by Crippen LogP contribution is -2.42. The zero-order valence-electron chi connectivity index (χ0n) is 14.6. The number of carbonyl (C=O) groups is 2. The van der Waals surface area contributed by atoms with Crippen molar-refractivity contribution in [3.05, 3.63) is 52.2 Å². The molecule has 1 aromatic heterocycles. The highest BCUT2D eigenvalue weighted by Crippen LogP contribution is 2.33. The van der Waals surface area contributed by atoms with E-state index in [0.717, 1.165) is 17.7 Å². The maximum Gasteiger partial charge on any atom is 0.337 e. The fourth-order valence-corrected chi connectivity index (χ4v) is 3.96. The van der Waals surface area contributed by atoms with Gasteiger partial charge in [-0.05, 0) is 48.4 Å². The predicted octanol–water partition coefficient (Wildman–Crippen LogP) is 3.51. The summed E-state index contributed by atoms with van der Waals surface area (Å²) in [6.45, 7) is 1.19. The largest absolute Gasteiger partial charge is 0.465 e. The van der Waals surface area contributed by atoms with Crippen molar-refractivity contribution in [1.29, 1.82) is 0 Å². The number of thiophene rings is 1. The highest BCUT2D eigenvalue weighted by atomic mass is 32.1. The van der Waals surface area contributed by atoms with Gasteiger partial charge in [0.25, 0.3) is 0 Å². The number of piperidine rings is 1. The molecule has 0 unspecified atom stereocenters. The number of aliphatic hydroxyl groups excluding tert-OH is 1. The number of nitrogens with one attached hydrogen (secondary N) is 1. The lowest BCUT2D eigenvalue weighted by Gasteiger charge is -2.34. The summed E-state index contributed by atoms with van der Waals surface area (Å²) in [5.74, 6) is -0.273. The van der Waals surface area contributed by atoms with Crippen LogP contribution in [0.15, 0.2) is 41.8 Å². The lowest BCUT2D eigenvalue weighted by molar-refractivity contribution is 0.0600. The van der Waals surface area contributed by atoms with Gasteiger partial charge in [-0.15, -0.1) is 11.3 Å². The van der Waals surface area contributed by atoms with Crippen molar-refractivity contribution in [3.63, 3.8) is 0 Å². The number of likely N-dealkylation sites (tertiary alicyclic amines) is 1. The summed E-state index contributed by atoms with van der Waals surface area (Å²) in [6, 6.07) is 10.4. The Bertz CT molecular complexity index is 755. The second-order valence-corrected chi connectivity index (χ2v) is 7.27. The number of hydrogen-bond acceptors (Lipinski definition) is 5. The Kier molecular flexibility index (Phi) is 5.90. The summed E-state index contributed by atoms with van der Waals surface area (Å²) in [5, 5.41) is 15.2. The monoisotopic (exact) mass is 374 g/mol. The van der Waals surface area contributed by atoms with Gasteiger partial charge in [0.2, 0.25) is 0 Å². The molecule has 0 saturated carbocycles. The number of benzene rings is 1. The highest BCUT2D eigenvalue weighted by Gasteiger charge is 2.28. The van der Waals surface area contributed by atoms with E-state index in [1.807, 2.05) is 17.5 Å². The van der Waals surface area contributed by atoms with Crippen molar-refractivity contribution in [2.45, 2.75) is 18.9 Å². The second kappa shape index (κ2) is 8.33. The van der Waals surface area contributed by atoms with Crippen LogP contribution in [-0.4, -0.2) is 42.2 Å². The Labute approximate surface area is 156 Å². The minimum Gasteiger partial charge on any atom is -0.465 e. The molecule has 0 radical (unpaired) electrons. The Morgan fingerprint density at radius 2 is 2.04 bits per heavy atom. The van der Waals surface area contributed by atoms with Gasteiger partial charge in [0, 0.05) is 23.7 Å². The van der Waals surface area contributed by atoms with Gasteiger partial charge >= 0.3 is 12.0 Å². The summed E-state index contributed by atoms with van der Waals surface area (Å²) < 4.78 is 4.69. The topological polar surface area (TPSA) is 78.9 Å². The van der Waals surface area contributed by atoms with E-state index in [-0.39, 0.29) is 11.9 Å². The zero-order valence-corrected chi connectivity index (χ0v) is 15.4. The predicted molar refractivity (Wildman–Crippen MR) is 100 cm³/mol. The first-order valence-corrected chi connectivity index (χ1v) is 9.42. The Morgan fingerprint density at radius 3 is 2.69 bits per heavy atom. The number of nitrogens with zero attached hydrogens (tertiary/aromatic N) is 1. The number of urea groups is 1. The molecule has 2 aromatic rings. The third kappa shape index (κ3) is 4.23. The van der Waals surface area contributed by atoms with Crippen molar-refractivity contribution in [2.24, 2.45) is 5.92 Å². The van der Waals surface area contributed by atoms with Crippen molar-refractivity contribution >= 4 is 29.0 Å². The van der Waals surface area contributed by atoms with Crippen LogP contribution in [0.1, 0.15) is 34.2 Å². The van der Waals surface area contributed by atoms with E-state index in [4.69, 9.17) is 4.74 Å². The van der Waals surface area contributed by atoms with Crippen LogP contribution in [0.3, 0.4) is 0 Å². The first-order valence-electron chi connectivity index (χ1n) is 8.54. The third-order valence-corrected chi connectivity index (χ3v) is 5.59. The Hall–Kier alpha value is -2.38. The number of methoxy groups -OCH3 is 1. The van der Waals surface area contributed by atoms with Crippen molar-refractivity contribution in [1.82, 2.24) is 4.90 Å². The smallest absolute Gasteiger partial charge is 0.337 e. The quantitative estimate of drug-likeness (QED) is 0.803. The number of esters is 1. The van der Waals surface area contributed by atoms with Gasteiger partial charge < -0.3 is 20.1 Å². The van der Waals surface area contributed by atoms with Crippen LogP contribution in [0.5, 0.6) is 0 Å². The summed E-state index contributed by atoms with van der Waals surface area (Å²) in [7, 11) is 1.32. The fraction of sp³-hybridized carbons (Fsp3) is 0.368. The van der Waals surface area contributed by atoms with Gasteiger partial charge in [-0.2, -0.15) is 0 Å². The Balaban J connectivity index is 1.55. The highest BCUT2D eigenvalue weighted by molar-refractivity contribution is 7.10. The molecule has 1 fully saturated rings. The zero-order chi connectivity index (χ0) is 18.5. The number of rotatable bonds is 4. The van der Waals surface area contributed by atoms with Crippen LogP contribution >= 0.6 is 11.3 Å². The van der Waals surface area contributed by atoms with Crippen LogP contribution in [0, 0.1) is 5.92 Å².